The van der Waals surface area contributed by atoms with Gasteiger partial charge in [0.2, 0.25) is 0 Å². The molecule has 0 radical (unpaired) electrons. The number of amides is 2. The molecule has 1 unspecified atom stereocenters. The van der Waals surface area contributed by atoms with Crippen LogP contribution in [0.1, 0.15) is 45.6 Å². The second-order valence-corrected chi connectivity index (χ2v) is 8.93. The summed E-state index contributed by atoms with van der Waals surface area (Å²) in [5.74, 6) is -0.408. The number of carboxylic acid groups (broad SMARTS) is 1. The van der Waals surface area contributed by atoms with E-state index in [-0.39, 0.29) is 18.9 Å². The van der Waals surface area contributed by atoms with Crippen molar-refractivity contribution in [2.24, 2.45) is 11.8 Å². The van der Waals surface area contributed by atoms with Crippen LogP contribution in [0.2, 0.25) is 0 Å². The van der Waals surface area contributed by atoms with E-state index in [9.17, 15) is 14.7 Å². The van der Waals surface area contributed by atoms with Crippen LogP contribution in [0.15, 0.2) is 36.9 Å². The Bertz CT molecular complexity index is 895. The van der Waals surface area contributed by atoms with Gasteiger partial charge in [-0.2, -0.15) is 0 Å². The van der Waals surface area contributed by atoms with Crippen LogP contribution in [-0.4, -0.2) is 53.9 Å². The van der Waals surface area contributed by atoms with Crippen molar-refractivity contribution in [2.45, 2.75) is 40.0 Å². The fourth-order valence-electron chi connectivity index (χ4n) is 3.67. The van der Waals surface area contributed by atoms with Crippen molar-refractivity contribution in [3.63, 3.8) is 0 Å². The molecule has 9 heteroatoms. The molecule has 0 spiro atoms. The van der Waals surface area contributed by atoms with E-state index in [0.29, 0.717) is 23.2 Å². The summed E-state index contributed by atoms with van der Waals surface area (Å²) in [7, 11) is 1.55. The van der Waals surface area contributed by atoms with Gasteiger partial charge in [0, 0.05) is 26.1 Å². The molecule has 1 atom stereocenters. The molecule has 0 aliphatic heterocycles. The number of ether oxygens (including phenoxy) is 1. The number of carbonyl (C=O) groups is 2. The van der Waals surface area contributed by atoms with Gasteiger partial charge in [0.25, 0.3) is 0 Å². The second-order valence-electron chi connectivity index (χ2n) is 8.93. The molecule has 9 nitrogen and oxygen atoms in total. The van der Waals surface area contributed by atoms with Gasteiger partial charge in [-0.3, -0.25) is 4.79 Å². The van der Waals surface area contributed by atoms with Crippen LogP contribution in [0.25, 0.3) is 0 Å². The van der Waals surface area contributed by atoms with Crippen molar-refractivity contribution >= 4 is 29.1 Å². The Morgan fingerprint density at radius 2 is 1.70 bits per heavy atom. The molecule has 3 N–H and O–H groups in total. The fraction of sp³-hybridized carbons (Fsp3) is 0.500. The maximum Gasteiger partial charge on any atom is 0.323 e. The molecular weight excluding hydrogens is 422 g/mol. The van der Waals surface area contributed by atoms with E-state index in [2.05, 4.69) is 53.2 Å². The van der Waals surface area contributed by atoms with Gasteiger partial charge in [0.05, 0.1) is 42.5 Å². The van der Waals surface area contributed by atoms with E-state index >= 15 is 0 Å². The molecule has 180 valence electrons. The molecule has 1 aromatic heterocycles. The molecule has 0 saturated carbocycles. The molecule has 2 aromatic rings. The molecule has 0 saturated heterocycles. The summed E-state index contributed by atoms with van der Waals surface area (Å²) in [6, 6.07) is 5.28. The second kappa shape index (κ2) is 12.7. The van der Waals surface area contributed by atoms with Gasteiger partial charge >= 0.3 is 12.0 Å². The summed E-state index contributed by atoms with van der Waals surface area (Å²) in [5.41, 5.74) is 2.74. The van der Waals surface area contributed by atoms with Gasteiger partial charge in [-0.05, 0) is 29.5 Å². The molecule has 1 aromatic carbocycles. The summed E-state index contributed by atoms with van der Waals surface area (Å²) >= 11 is 0. The van der Waals surface area contributed by atoms with Gasteiger partial charge in [0.15, 0.2) is 0 Å². The van der Waals surface area contributed by atoms with Crippen LogP contribution in [0, 0.1) is 11.8 Å². The zero-order chi connectivity index (χ0) is 24.4. The summed E-state index contributed by atoms with van der Waals surface area (Å²) in [6.45, 7) is 10.5. The molecule has 2 rings (SSSR count). The summed E-state index contributed by atoms with van der Waals surface area (Å²) in [5, 5.41) is 15.0. The number of methoxy groups -OCH3 is 1. The summed E-state index contributed by atoms with van der Waals surface area (Å²) < 4.78 is 5.25. The third kappa shape index (κ3) is 8.69. The minimum Gasteiger partial charge on any atom is -0.481 e. The third-order valence-electron chi connectivity index (χ3n) is 4.86. The number of rotatable bonds is 12. The largest absolute Gasteiger partial charge is 0.481 e. The van der Waals surface area contributed by atoms with Crippen molar-refractivity contribution in [2.75, 3.05) is 42.3 Å². The number of benzene rings is 1. The Kier molecular flexibility index (Phi) is 10.1. The van der Waals surface area contributed by atoms with Crippen LogP contribution in [0.5, 0.6) is 0 Å². The molecule has 33 heavy (non-hydrogen) atoms. The number of aliphatic carboxylic acids is 1. The van der Waals surface area contributed by atoms with Crippen molar-refractivity contribution in [1.82, 2.24) is 9.97 Å². The predicted octanol–water partition coefficient (Wildman–Crippen LogP) is 4.44. The first-order valence-corrected chi connectivity index (χ1v) is 11.1. The first kappa shape index (κ1) is 26.1. The molecule has 2 amide bonds. The lowest BCUT2D eigenvalue weighted by Crippen LogP contribution is -2.32. The lowest BCUT2D eigenvalue weighted by Gasteiger charge is -2.31. The highest BCUT2D eigenvalue weighted by Crippen LogP contribution is 2.33. The van der Waals surface area contributed by atoms with E-state index in [0.717, 1.165) is 24.3 Å². The molecule has 0 fully saturated rings. The number of urea groups is 1. The van der Waals surface area contributed by atoms with Crippen LogP contribution >= 0.6 is 0 Å². The normalized spacial score (nSPS) is 12.0. The summed E-state index contributed by atoms with van der Waals surface area (Å²) in [6.07, 6.45) is 4.34. The number of carboxylic acids is 1. The minimum absolute atomic E-state index is 0.0676. The van der Waals surface area contributed by atoms with E-state index in [4.69, 9.17) is 4.74 Å². The predicted molar refractivity (Wildman–Crippen MR) is 130 cm³/mol. The Morgan fingerprint density at radius 3 is 2.24 bits per heavy atom. The van der Waals surface area contributed by atoms with Crippen LogP contribution in [-0.2, 0) is 9.53 Å². The van der Waals surface area contributed by atoms with Gasteiger partial charge < -0.3 is 25.4 Å². The van der Waals surface area contributed by atoms with E-state index in [1.54, 1.807) is 7.11 Å². The van der Waals surface area contributed by atoms with Crippen molar-refractivity contribution in [3.05, 3.63) is 42.5 Å². The Balaban J connectivity index is 2.43. The van der Waals surface area contributed by atoms with E-state index in [1.165, 1.54) is 18.7 Å². The highest BCUT2D eigenvalue weighted by Gasteiger charge is 2.21. The van der Waals surface area contributed by atoms with Gasteiger partial charge in [-0.1, -0.05) is 33.8 Å². The Morgan fingerprint density at radius 1 is 1.06 bits per heavy atom. The first-order valence-electron chi connectivity index (χ1n) is 11.1. The molecule has 1 heterocycles. The van der Waals surface area contributed by atoms with Gasteiger partial charge in [0.1, 0.15) is 6.33 Å². The van der Waals surface area contributed by atoms with Crippen molar-refractivity contribution in [3.8, 4) is 0 Å². The average Bonchev–Trinajstić information content (AvgIpc) is 2.72. The smallest absolute Gasteiger partial charge is 0.323 e. The van der Waals surface area contributed by atoms with Crippen molar-refractivity contribution in [1.29, 1.82) is 0 Å². The first-order chi connectivity index (χ1) is 15.7. The van der Waals surface area contributed by atoms with Gasteiger partial charge in [-0.25, -0.2) is 14.8 Å². The number of anilines is 3. The van der Waals surface area contributed by atoms with E-state index < -0.39 is 12.0 Å². The number of hydrogen-bond donors (Lipinski definition) is 3. The Hall–Kier alpha value is -3.20. The number of nitrogens with zero attached hydrogens (tertiary/aromatic N) is 3. The molecule has 0 bridgehead atoms. The lowest BCUT2D eigenvalue weighted by molar-refractivity contribution is -0.137. The average molecular weight is 458 g/mol. The zero-order valence-corrected chi connectivity index (χ0v) is 20.0. The topological polar surface area (TPSA) is 117 Å². The standard InChI is InChI=1S/C24H35N5O4/c1-16(2)12-29(13-17(3)4)22-7-6-18(19(14-33-5)9-23(30)31)8-21(22)28-24(32)27-20-10-25-15-26-11-20/h6-8,10-11,15-17,19H,9,12-14H2,1-5H3,(H,30,31)(H2,27,28,32). The monoisotopic (exact) mass is 457 g/mol. The van der Waals surface area contributed by atoms with E-state index in [1.807, 2.05) is 18.2 Å². The lowest BCUT2D eigenvalue weighted by atomic mass is 9.95. The highest BCUT2D eigenvalue weighted by molar-refractivity contribution is 6.01. The SMILES string of the molecule is COCC(CC(=O)O)c1ccc(N(CC(C)C)CC(C)C)c(NC(=O)Nc2cncnc2)c1. The van der Waals surface area contributed by atoms with Crippen LogP contribution in [0.4, 0.5) is 21.9 Å². The highest BCUT2D eigenvalue weighted by atomic mass is 16.5. The number of hydrogen-bond acceptors (Lipinski definition) is 6. The van der Waals surface area contributed by atoms with Crippen LogP contribution in [0.3, 0.4) is 0 Å². The molecular formula is C24H35N5O4. The Labute approximate surface area is 195 Å². The maximum absolute atomic E-state index is 12.8. The number of nitrogens with one attached hydrogen (secondary N) is 2. The summed E-state index contributed by atoms with van der Waals surface area (Å²) in [4.78, 5) is 34.2. The third-order valence-corrected chi connectivity index (χ3v) is 4.86. The zero-order valence-electron chi connectivity index (χ0n) is 20.0. The molecule has 0 aliphatic rings. The number of aromatic nitrogens is 2. The molecule has 0 aliphatic carbocycles. The maximum atomic E-state index is 12.8. The fourth-order valence-corrected chi connectivity index (χ4v) is 3.67. The van der Waals surface area contributed by atoms with Gasteiger partial charge in [-0.15, -0.1) is 0 Å². The van der Waals surface area contributed by atoms with Crippen molar-refractivity contribution < 1.29 is 19.4 Å². The minimum atomic E-state index is -0.904. The van der Waals surface area contributed by atoms with Crippen LogP contribution < -0.4 is 15.5 Å². The quantitative estimate of drug-likeness (QED) is 0.431. The number of carbonyl (C=O) groups excluding carboxylic acids is 1.